The van der Waals surface area contributed by atoms with Gasteiger partial charge in [0.2, 0.25) is 0 Å². The summed E-state index contributed by atoms with van der Waals surface area (Å²) < 4.78 is 76.6. The predicted octanol–water partition coefficient (Wildman–Crippen LogP) is 2.59. The highest BCUT2D eigenvalue weighted by molar-refractivity contribution is 7.90. The standard InChI is InChI=1S/C15H11F4N5O2S/c1-8-3-4-9(7-10(8)16)13-20-14(15(17,18)19)23-24(13)11-5-6-12(22-21-11)27(2,25)26/h3-7H,1-2H3. The van der Waals surface area contributed by atoms with E-state index in [1.54, 1.807) is 0 Å². The Morgan fingerprint density at radius 3 is 2.30 bits per heavy atom. The Balaban J connectivity index is 2.19. The highest BCUT2D eigenvalue weighted by Crippen LogP contribution is 2.30. The van der Waals surface area contributed by atoms with E-state index in [-0.39, 0.29) is 22.2 Å². The molecule has 2 heterocycles. The van der Waals surface area contributed by atoms with Crippen LogP contribution in [0.2, 0.25) is 0 Å². The molecule has 0 N–H and O–H groups in total. The van der Waals surface area contributed by atoms with Crippen LogP contribution in [0, 0.1) is 12.7 Å². The minimum Gasteiger partial charge on any atom is -0.222 e. The van der Waals surface area contributed by atoms with Crippen molar-refractivity contribution in [2.24, 2.45) is 0 Å². The van der Waals surface area contributed by atoms with Gasteiger partial charge in [-0.1, -0.05) is 12.1 Å². The molecule has 0 saturated heterocycles. The largest absolute Gasteiger partial charge is 0.453 e. The molecule has 142 valence electrons. The highest BCUT2D eigenvalue weighted by atomic mass is 32.2. The first-order chi connectivity index (χ1) is 12.5. The van der Waals surface area contributed by atoms with Gasteiger partial charge in [-0.25, -0.2) is 17.8 Å². The zero-order valence-corrected chi connectivity index (χ0v) is 14.7. The van der Waals surface area contributed by atoms with Crippen LogP contribution in [0.5, 0.6) is 0 Å². The lowest BCUT2D eigenvalue weighted by Crippen LogP contribution is -2.10. The molecule has 0 aliphatic heterocycles. The van der Waals surface area contributed by atoms with Crippen LogP contribution < -0.4 is 0 Å². The van der Waals surface area contributed by atoms with Gasteiger partial charge in [0, 0.05) is 11.8 Å². The van der Waals surface area contributed by atoms with E-state index in [1.165, 1.54) is 19.1 Å². The zero-order valence-electron chi connectivity index (χ0n) is 13.9. The van der Waals surface area contributed by atoms with Crippen molar-refractivity contribution in [3.8, 4) is 17.2 Å². The summed E-state index contributed by atoms with van der Waals surface area (Å²) in [7, 11) is -3.64. The number of hydrogen-bond donors (Lipinski definition) is 0. The number of hydrogen-bond acceptors (Lipinski definition) is 6. The van der Waals surface area contributed by atoms with E-state index < -0.39 is 27.7 Å². The van der Waals surface area contributed by atoms with Crippen molar-refractivity contribution in [1.82, 2.24) is 25.0 Å². The van der Waals surface area contributed by atoms with Crippen molar-refractivity contribution in [1.29, 1.82) is 0 Å². The molecule has 0 spiro atoms. The maximum absolute atomic E-state index is 13.8. The van der Waals surface area contributed by atoms with Crippen molar-refractivity contribution >= 4 is 9.84 Å². The van der Waals surface area contributed by atoms with Gasteiger partial charge >= 0.3 is 6.18 Å². The average Bonchev–Trinajstić information content (AvgIpc) is 3.02. The number of benzene rings is 1. The van der Waals surface area contributed by atoms with Crippen molar-refractivity contribution in [2.45, 2.75) is 18.1 Å². The molecule has 0 amide bonds. The summed E-state index contributed by atoms with van der Waals surface area (Å²) in [6, 6.07) is 6.00. The normalized spacial score (nSPS) is 12.4. The summed E-state index contributed by atoms with van der Waals surface area (Å²) >= 11 is 0. The molecule has 0 aliphatic rings. The molecule has 7 nitrogen and oxygen atoms in total. The second kappa shape index (κ2) is 6.37. The number of aryl methyl sites for hydroxylation is 1. The topological polar surface area (TPSA) is 90.6 Å². The molecule has 0 aliphatic carbocycles. The van der Waals surface area contributed by atoms with Crippen LogP contribution in [-0.4, -0.2) is 39.6 Å². The van der Waals surface area contributed by atoms with E-state index in [1.807, 2.05) is 0 Å². The van der Waals surface area contributed by atoms with Crippen LogP contribution in [0.1, 0.15) is 11.4 Å². The Morgan fingerprint density at radius 2 is 1.78 bits per heavy atom. The van der Waals surface area contributed by atoms with Crippen LogP contribution in [0.15, 0.2) is 35.4 Å². The third-order valence-corrected chi connectivity index (χ3v) is 4.49. The quantitative estimate of drug-likeness (QED) is 0.627. The Kier molecular flexibility index (Phi) is 4.46. The number of alkyl halides is 3. The highest BCUT2D eigenvalue weighted by Gasteiger charge is 2.37. The van der Waals surface area contributed by atoms with E-state index >= 15 is 0 Å². The van der Waals surface area contributed by atoms with Crippen molar-refractivity contribution < 1.29 is 26.0 Å². The maximum Gasteiger partial charge on any atom is 0.453 e. The van der Waals surface area contributed by atoms with Crippen LogP contribution in [0.3, 0.4) is 0 Å². The minimum atomic E-state index is -4.84. The Bertz CT molecular complexity index is 1110. The smallest absolute Gasteiger partial charge is 0.222 e. The number of sulfone groups is 1. The Hall–Kier alpha value is -2.89. The molecule has 0 atom stereocenters. The fourth-order valence-electron chi connectivity index (χ4n) is 2.13. The first kappa shape index (κ1) is 18.9. The monoisotopic (exact) mass is 401 g/mol. The third kappa shape index (κ3) is 3.79. The fraction of sp³-hybridized carbons (Fsp3) is 0.200. The van der Waals surface area contributed by atoms with Crippen LogP contribution >= 0.6 is 0 Å². The van der Waals surface area contributed by atoms with Crippen LogP contribution in [-0.2, 0) is 16.0 Å². The molecule has 0 unspecified atom stereocenters. The first-order valence-corrected chi connectivity index (χ1v) is 9.21. The number of aromatic nitrogens is 5. The Labute approximate surface area is 150 Å². The Morgan fingerprint density at radius 1 is 1.07 bits per heavy atom. The third-order valence-electron chi connectivity index (χ3n) is 3.51. The molecule has 0 radical (unpaired) electrons. The lowest BCUT2D eigenvalue weighted by atomic mass is 10.1. The van der Waals surface area contributed by atoms with Gasteiger partial charge in [0.15, 0.2) is 26.5 Å². The summed E-state index contributed by atoms with van der Waals surface area (Å²) in [6.45, 7) is 1.50. The van der Waals surface area contributed by atoms with Gasteiger partial charge in [0.25, 0.3) is 5.82 Å². The summed E-state index contributed by atoms with van der Waals surface area (Å²) in [5.41, 5.74) is 0.341. The van der Waals surface area contributed by atoms with E-state index in [9.17, 15) is 26.0 Å². The van der Waals surface area contributed by atoms with Gasteiger partial charge in [-0.2, -0.15) is 17.9 Å². The number of nitrogens with zero attached hydrogens (tertiary/aromatic N) is 5. The molecule has 27 heavy (non-hydrogen) atoms. The SMILES string of the molecule is Cc1ccc(-c2nc(C(F)(F)F)nn2-c2ccc(S(C)(=O)=O)nn2)cc1F. The second-order valence-electron chi connectivity index (χ2n) is 5.63. The van der Waals surface area contributed by atoms with Gasteiger partial charge in [-0.3, -0.25) is 0 Å². The molecule has 2 aromatic heterocycles. The average molecular weight is 401 g/mol. The van der Waals surface area contributed by atoms with E-state index in [2.05, 4.69) is 20.3 Å². The van der Waals surface area contributed by atoms with Gasteiger partial charge in [-0.15, -0.1) is 15.3 Å². The number of rotatable bonds is 3. The summed E-state index contributed by atoms with van der Waals surface area (Å²) in [5.74, 6) is -2.61. The summed E-state index contributed by atoms with van der Waals surface area (Å²) in [6.07, 6.45) is -3.93. The van der Waals surface area contributed by atoms with Gasteiger partial charge in [-0.05, 0) is 30.7 Å². The summed E-state index contributed by atoms with van der Waals surface area (Å²) in [5, 5.41) is 10.1. The summed E-state index contributed by atoms with van der Waals surface area (Å²) in [4.78, 5) is 3.44. The molecule has 12 heteroatoms. The van der Waals surface area contributed by atoms with Crippen LogP contribution in [0.25, 0.3) is 17.2 Å². The maximum atomic E-state index is 13.8. The van der Waals surface area contributed by atoms with Gasteiger partial charge in [0.05, 0.1) is 0 Å². The zero-order chi connectivity index (χ0) is 20.0. The van der Waals surface area contributed by atoms with Gasteiger partial charge < -0.3 is 0 Å². The molecular weight excluding hydrogens is 390 g/mol. The molecule has 1 aromatic carbocycles. The van der Waals surface area contributed by atoms with Crippen molar-refractivity contribution in [2.75, 3.05) is 6.26 Å². The van der Waals surface area contributed by atoms with E-state index in [0.29, 0.717) is 5.56 Å². The van der Waals surface area contributed by atoms with Crippen molar-refractivity contribution in [3.05, 3.63) is 47.5 Å². The molecule has 3 rings (SSSR count). The predicted molar refractivity (Wildman–Crippen MR) is 85.2 cm³/mol. The lowest BCUT2D eigenvalue weighted by Gasteiger charge is -2.06. The number of halogens is 4. The minimum absolute atomic E-state index is 0.0371. The fourth-order valence-corrected chi connectivity index (χ4v) is 2.64. The lowest BCUT2D eigenvalue weighted by molar-refractivity contribution is -0.144. The first-order valence-electron chi connectivity index (χ1n) is 7.32. The molecule has 0 fully saturated rings. The van der Waals surface area contributed by atoms with Crippen molar-refractivity contribution in [3.63, 3.8) is 0 Å². The molecule has 0 saturated carbocycles. The van der Waals surface area contributed by atoms with E-state index in [0.717, 1.165) is 29.1 Å². The van der Waals surface area contributed by atoms with E-state index in [4.69, 9.17) is 0 Å². The molecule has 0 bridgehead atoms. The van der Waals surface area contributed by atoms with Crippen LogP contribution in [0.4, 0.5) is 17.6 Å². The molecular formula is C15H11F4N5O2S. The van der Waals surface area contributed by atoms with Gasteiger partial charge in [0.1, 0.15) is 5.82 Å². The molecule has 3 aromatic rings. The second-order valence-corrected chi connectivity index (χ2v) is 7.60.